The Hall–Kier alpha value is -2.17. The van der Waals surface area contributed by atoms with Gasteiger partial charge in [0.05, 0.1) is 5.56 Å². The number of carbonyl (C=O) groups is 2. The van der Waals surface area contributed by atoms with E-state index in [4.69, 9.17) is 5.11 Å². The fourth-order valence-electron chi connectivity index (χ4n) is 2.50. The van der Waals surface area contributed by atoms with Crippen LogP contribution in [0.4, 0.5) is 4.39 Å². The molecule has 1 aromatic rings. The van der Waals surface area contributed by atoms with E-state index in [-0.39, 0.29) is 11.6 Å². The van der Waals surface area contributed by atoms with E-state index in [9.17, 15) is 14.0 Å². The van der Waals surface area contributed by atoms with Gasteiger partial charge in [0, 0.05) is 12.1 Å². The highest BCUT2D eigenvalue weighted by Gasteiger charge is 2.18. The van der Waals surface area contributed by atoms with Gasteiger partial charge in [-0.15, -0.1) is 0 Å². The van der Waals surface area contributed by atoms with Crippen LogP contribution < -0.4 is 5.32 Å². The number of aliphatic carboxylic acids is 1. The minimum atomic E-state index is -1.10. The molecule has 0 spiro atoms. The summed E-state index contributed by atoms with van der Waals surface area (Å²) in [5, 5.41) is 11.4. The van der Waals surface area contributed by atoms with E-state index in [1.54, 1.807) is 0 Å². The zero-order valence-electron chi connectivity index (χ0n) is 11.6. The molecular formula is C16H18FNO3. The number of amides is 1. The SMILES string of the molecule is O=C(O)C=Cc1ccc(C(=O)NC2CCCCC2)c(F)c1. The number of carbonyl (C=O) groups excluding carboxylic acids is 1. The van der Waals surface area contributed by atoms with Gasteiger partial charge < -0.3 is 10.4 Å². The summed E-state index contributed by atoms with van der Waals surface area (Å²) in [6.45, 7) is 0. The van der Waals surface area contributed by atoms with Gasteiger partial charge in [-0.25, -0.2) is 9.18 Å². The fraction of sp³-hybridized carbons (Fsp3) is 0.375. The van der Waals surface area contributed by atoms with Gasteiger partial charge in [0.2, 0.25) is 0 Å². The van der Waals surface area contributed by atoms with Crippen LogP contribution in [0.5, 0.6) is 0 Å². The van der Waals surface area contributed by atoms with Gasteiger partial charge in [-0.05, 0) is 36.6 Å². The van der Waals surface area contributed by atoms with Gasteiger partial charge in [0.25, 0.3) is 5.91 Å². The van der Waals surface area contributed by atoms with Crippen LogP contribution in [0.1, 0.15) is 48.0 Å². The Morgan fingerprint density at radius 1 is 1.24 bits per heavy atom. The molecule has 0 unspecified atom stereocenters. The number of rotatable bonds is 4. The Morgan fingerprint density at radius 2 is 1.95 bits per heavy atom. The molecule has 1 aliphatic rings. The number of hydrogen-bond donors (Lipinski definition) is 2. The molecule has 0 heterocycles. The van der Waals surface area contributed by atoms with Crippen molar-refractivity contribution in [3.8, 4) is 0 Å². The molecular weight excluding hydrogens is 273 g/mol. The maximum absolute atomic E-state index is 13.9. The van der Waals surface area contributed by atoms with Crippen LogP contribution in [0.15, 0.2) is 24.3 Å². The van der Waals surface area contributed by atoms with Crippen LogP contribution in [0, 0.1) is 5.82 Å². The van der Waals surface area contributed by atoms with Crippen molar-refractivity contribution in [2.75, 3.05) is 0 Å². The van der Waals surface area contributed by atoms with Gasteiger partial charge in [-0.2, -0.15) is 0 Å². The summed E-state index contributed by atoms with van der Waals surface area (Å²) < 4.78 is 13.9. The van der Waals surface area contributed by atoms with Crippen molar-refractivity contribution < 1.29 is 19.1 Å². The quantitative estimate of drug-likeness (QED) is 0.838. The zero-order chi connectivity index (χ0) is 15.2. The second-order valence-corrected chi connectivity index (χ2v) is 5.22. The van der Waals surface area contributed by atoms with Crippen molar-refractivity contribution in [1.29, 1.82) is 0 Å². The van der Waals surface area contributed by atoms with E-state index >= 15 is 0 Å². The monoisotopic (exact) mass is 291 g/mol. The van der Waals surface area contributed by atoms with Gasteiger partial charge in [-0.3, -0.25) is 4.79 Å². The normalized spacial score (nSPS) is 16.0. The van der Waals surface area contributed by atoms with Crippen molar-refractivity contribution >= 4 is 18.0 Å². The van der Waals surface area contributed by atoms with Crippen molar-refractivity contribution in [2.45, 2.75) is 38.1 Å². The molecule has 2 N–H and O–H groups in total. The third-order valence-electron chi connectivity index (χ3n) is 3.60. The molecule has 0 radical (unpaired) electrons. The molecule has 1 saturated carbocycles. The van der Waals surface area contributed by atoms with E-state index in [0.29, 0.717) is 5.56 Å². The van der Waals surface area contributed by atoms with E-state index < -0.39 is 17.7 Å². The van der Waals surface area contributed by atoms with Crippen LogP contribution in [-0.2, 0) is 4.79 Å². The molecule has 1 amide bonds. The molecule has 0 aliphatic heterocycles. The molecule has 1 fully saturated rings. The summed E-state index contributed by atoms with van der Waals surface area (Å²) in [6, 6.07) is 4.19. The summed E-state index contributed by atoms with van der Waals surface area (Å²) in [6.07, 6.45) is 7.45. The summed E-state index contributed by atoms with van der Waals surface area (Å²) in [7, 11) is 0. The largest absolute Gasteiger partial charge is 0.478 e. The van der Waals surface area contributed by atoms with Crippen molar-refractivity contribution in [3.63, 3.8) is 0 Å². The highest BCUT2D eigenvalue weighted by Crippen LogP contribution is 2.18. The van der Waals surface area contributed by atoms with Crippen LogP contribution in [0.2, 0.25) is 0 Å². The second kappa shape index (κ2) is 7.02. The Morgan fingerprint density at radius 3 is 2.57 bits per heavy atom. The Labute approximate surface area is 122 Å². The number of halogens is 1. The van der Waals surface area contributed by atoms with Gasteiger partial charge in [-0.1, -0.05) is 25.3 Å². The lowest BCUT2D eigenvalue weighted by Gasteiger charge is -2.22. The summed E-state index contributed by atoms with van der Waals surface area (Å²) in [5.41, 5.74) is 0.400. The molecule has 1 aromatic carbocycles. The fourth-order valence-corrected chi connectivity index (χ4v) is 2.50. The van der Waals surface area contributed by atoms with Crippen molar-refractivity contribution in [3.05, 3.63) is 41.2 Å². The average molecular weight is 291 g/mol. The topological polar surface area (TPSA) is 66.4 Å². The third kappa shape index (κ3) is 4.41. The Kier molecular flexibility index (Phi) is 5.09. The maximum Gasteiger partial charge on any atom is 0.328 e. The molecule has 4 nitrogen and oxygen atoms in total. The highest BCUT2D eigenvalue weighted by atomic mass is 19.1. The first kappa shape index (κ1) is 15.2. The van der Waals surface area contributed by atoms with Crippen LogP contribution in [0.3, 0.4) is 0 Å². The first-order valence-electron chi connectivity index (χ1n) is 7.07. The number of benzene rings is 1. The van der Waals surface area contributed by atoms with Crippen molar-refractivity contribution in [1.82, 2.24) is 5.32 Å². The molecule has 0 saturated heterocycles. The predicted molar refractivity (Wildman–Crippen MR) is 77.4 cm³/mol. The summed E-state index contributed by atoms with van der Waals surface area (Å²) in [5.74, 6) is -2.15. The number of carboxylic acids is 1. The highest BCUT2D eigenvalue weighted by molar-refractivity contribution is 5.95. The van der Waals surface area contributed by atoms with Crippen LogP contribution in [-0.4, -0.2) is 23.0 Å². The Balaban J connectivity index is 2.05. The van der Waals surface area contributed by atoms with Crippen molar-refractivity contribution in [2.24, 2.45) is 0 Å². The van der Waals surface area contributed by atoms with E-state index in [0.717, 1.165) is 37.8 Å². The van der Waals surface area contributed by atoms with Crippen LogP contribution in [0.25, 0.3) is 6.08 Å². The standard InChI is InChI=1S/C16H18FNO3/c17-14-10-11(7-9-15(19)20)6-8-13(14)16(21)18-12-4-2-1-3-5-12/h6-10,12H,1-5H2,(H,18,21)(H,19,20). The molecule has 0 bridgehead atoms. The number of carboxylic acid groups (broad SMARTS) is 1. The van der Waals surface area contributed by atoms with E-state index in [2.05, 4.69) is 5.32 Å². The van der Waals surface area contributed by atoms with Gasteiger partial charge in [0.15, 0.2) is 0 Å². The van der Waals surface area contributed by atoms with E-state index in [1.165, 1.54) is 24.6 Å². The first-order chi connectivity index (χ1) is 10.1. The first-order valence-corrected chi connectivity index (χ1v) is 7.07. The van der Waals surface area contributed by atoms with Gasteiger partial charge >= 0.3 is 5.97 Å². The average Bonchev–Trinajstić information content (AvgIpc) is 2.46. The second-order valence-electron chi connectivity index (χ2n) is 5.22. The minimum absolute atomic E-state index is 0.00644. The molecule has 21 heavy (non-hydrogen) atoms. The molecule has 0 aromatic heterocycles. The summed E-state index contributed by atoms with van der Waals surface area (Å²) >= 11 is 0. The molecule has 1 aliphatic carbocycles. The zero-order valence-corrected chi connectivity index (χ0v) is 11.6. The third-order valence-corrected chi connectivity index (χ3v) is 3.60. The molecule has 112 valence electrons. The lowest BCUT2D eigenvalue weighted by Crippen LogP contribution is -2.36. The smallest absolute Gasteiger partial charge is 0.328 e. The lowest BCUT2D eigenvalue weighted by molar-refractivity contribution is -0.131. The maximum atomic E-state index is 13.9. The van der Waals surface area contributed by atoms with Crippen LogP contribution >= 0.6 is 0 Å². The number of hydrogen-bond acceptors (Lipinski definition) is 2. The van der Waals surface area contributed by atoms with E-state index in [1.807, 2.05) is 0 Å². The molecule has 5 heteroatoms. The molecule has 0 atom stereocenters. The number of nitrogens with one attached hydrogen (secondary N) is 1. The minimum Gasteiger partial charge on any atom is -0.478 e. The predicted octanol–water partition coefficient (Wildman–Crippen LogP) is 2.99. The lowest BCUT2D eigenvalue weighted by atomic mass is 9.95. The Bertz CT molecular complexity index is 563. The summed E-state index contributed by atoms with van der Waals surface area (Å²) in [4.78, 5) is 22.5. The molecule has 2 rings (SSSR count). The van der Waals surface area contributed by atoms with Gasteiger partial charge in [0.1, 0.15) is 5.82 Å².